The molecule has 0 aromatic heterocycles. The number of fused-ring (bicyclic) bond motifs is 1. The molecule has 0 aliphatic carbocycles. The van der Waals surface area contributed by atoms with E-state index in [0.29, 0.717) is 17.6 Å². The molecule has 84 valence electrons. The molecule has 0 bridgehead atoms. The Balaban J connectivity index is 2.62. The molecule has 2 atom stereocenters. The van der Waals surface area contributed by atoms with Crippen molar-refractivity contribution in [2.75, 3.05) is 0 Å². The van der Waals surface area contributed by atoms with Gasteiger partial charge in [0.1, 0.15) is 11.9 Å². The zero-order chi connectivity index (χ0) is 11.9. The molecule has 1 aromatic carbocycles. The van der Waals surface area contributed by atoms with Gasteiger partial charge in [-0.2, -0.15) is 0 Å². The molecule has 1 aliphatic heterocycles. The maximum absolute atomic E-state index is 10.9. The molecule has 0 saturated heterocycles. The number of aromatic carboxylic acids is 1. The first-order valence-corrected chi connectivity index (χ1v) is 5.07. The van der Waals surface area contributed by atoms with Gasteiger partial charge in [-0.15, -0.1) is 0 Å². The van der Waals surface area contributed by atoms with Gasteiger partial charge in [0.05, 0.1) is 11.1 Å². The number of carbonyl (C=O) groups excluding carboxylic acids is 1. The summed E-state index contributed by atoms with van der Waals surface area (Å²) in [6, 6.07) is 2.93. The fourth-order valence-corrected chi connectivity index (χ4v) is 1.90. The highest BCUT2D eigenvalue weighted by Gasteiger charge is 2.30. The van der Waals surface area contributed by atoms with Crippen LogP contribution in [0.1, 0.15) is 46.0 Å². The maximum atomic E-state index is 10.9. The Bertz CT molecular complexity index is 464. The Kier molecular flexibility index (Phi) is 2.42. The molecule has 0 radical (unpaired) electrons. The molecule has 0 fully saturated rings. The van der Waals surface area contributed by atoms with E-state index in [1.54, 1.807) is 6.07 Å². The molecule has 1 heterocycles. The number of benzene rings is 1. The number of hydrogen-bond acceptors (Lipinski definition) is 3. The normalized spacial score (nSPS) is 22.4. The standard InChI is InChI=1S/C12H12O4/c1-6-7(2)16-11-9(5-13)3-8(12(14)15)4-10(6)11/h3-7H,1-2H3,(H,14,15). The van der Waals surface area contributed by atoms with E-state index in [4.69, 9.17) is 9.84 Å². The summed E-state index contributed by atoms with van der Waals surface area (Å²) in [6.45, 7) is 3.86. The predicted octanol–water partition coefficient (Wildman–Crippen LogP) is 2.08. The monoisotopic (exact) mass is 220 g/mol. The summed E-state index contributed by atoms with van der Waals surface area (Å²) >= 11 is 0. The van der Waals surface area contributed by atoms with Crippen LogP contribution in [0.15, 0.2) is 12.1 Å². The molecule has 1 aliphatic rings. The molecule has 0 saturated carbocycles. The summed E-state index contributed by atoms with van der Waals surface area (Å²) in [6.07, 6.45) is 0.605. The zero-order valence-electron chi connectivity index (χ0n) is 9.06. The van der Waals surface area contributed by atoms with Crippen LogP contribution in [-0.2, 0) is 0 Å². The molecule has 16 heavy (non-hydrogen) atoms. The second-order valence-corrected chi connectivity index (χ2v) is 4.02. The summed E-state index contributed by atoms with van der Waals surface area (Å²) in [5, 5.41) is 8.93. The first-order chi connectivity index (χ1) is 7.54. The minimum absolute atomic E-state index is 0.0299. The van der Waals surface area contributed by atoms with E-state index in [-0.39, 0.29) is 17.6 Å². The van der Waals surface area contributed by atoms with Gasteiger partial charge in [-0.3, -0.25) is 4.79 Å². The van der Waals surface area contributed by atoms with E-state index in [9.17, 15) is 9.59 Å². The van der Waals surface area contributed by atoms with Crippen LogP contribution >= 0.6 is 0 Å². The molecule has 2 unspecified atom stereocenters. The lowest BCUT2D eigenvalue weighted by atomic mass is 9.95. The number of aldehydes is 1. The molecule has 1 N–H and O–H groups in total. The highest BCUT2D eigenvalue weighted by atomic mass is 16.5. The number of ether oxygens (including phenoxy) is 1. The molecule has 4 heteroatoms. The van der Waals surface area contributed by atoms with Gasteiger partial charge in [-0.25, -0.2) is 4.79 Å². The average Bonchev–Trinajstić information content (AvgIpc) is 2.54. The number of carbonyl (C=O) groups is 2. The molecule has 4 nitrogen and oxygen atoms in total. The minimum Gasteiger partial charge on any atom is -0.489 e. The molecule has 0 amide bonds. The number of carboxylic acids is 1. The Morgan fingerprint density at radius 1 is 1.44 bits per heavy atom. The van der Waals surface area contributed by atoms with Crippen molar-refractivity contribution in [2.45, 2.75) is 25.9 Å². The average molecular weight is 220 g/mol. The number of hydrogen-bond donors (Lipinski definition) is 1. The van der Waals surface area contributed by atoms with Crippen molar-refractivity contribution >= 4 is 12.3 Å². The molecule has 0 spiro atoms. The summed E-state index contributed by atoms with van der Waals surface area (Å²) in [4.78, 5) is 21.8. The van der Waals surface area contributed by atoms with Gasteiger partial charge in [-0.05, 0) is 19.1 Å². The summed E-state index contributed by atoms with van der Waals surface area (Å²) in [5.41, 5.74) is 1.24. The van der Waals surface area contributed by atoms with Gasteiger partial charge in [0.2, 0.25) is 0 Å². The molecular weight excluding hydrogens is 208 g/mol. The summed E-state index contributed by atoms with van der Waals surface area (Å²) in [5.74, 6) is -0.398. The van der Waals surface area contributed by atoms with E-state index < -0.39 is 5.97 Å². The van der Waals surface area contributed by atoms with E-state index >= 15 is 0 Å². The van der Waals surface area contributed by atoms with E-state index in [1.807, 2.05) is 13.8 Å². The van der Waals surface area contributed by atoms with Crippen molar-refractivity contribution in [1.82, 2.24) is 0 Å². The van der Waals surface area contributed by atoms with Gasteiger partial charge < -0.3 is 9.84 Å². The SMILES string of the molecule is CC1Oc2c(C=O)cc(C(=O)O)cc2C1C. The Morgan fingerprint density at radius 2 is 2.12 bits per heavy atom. The van der Waals surface area contributed by atoms with Gasteiger partial charge in [0, 0.05) is 11.5 Å². The van der Waals surface area contributed by atoms with E-state index in [1.165, 1.54) is 6.07 Å². The van der Waals surface area contributed by atoms with Crippen molar-refractivity contribution in [3.05, 3.63) is 28.8 Å². The summed E-state index contributed by atoms with van der Waals surface area (Å²) in [7, 11) is 0. The number of rotatable bonds is 2. The van der Waals surface area contributed by atoms with Crippen LogP contribution in [0.4, 0.5) is 0 Å². The fourth-order valence-electron chi connectivity index (χ4n) is 1.90. The fraction of sp³-hybridized carbons (Fsp3) is 0.333. The van der Waals surface area contributed by atoms with E-state index in [0.717, 1.165) is 5.56 Å². The molecule has 1 aromatic rings. The zero-order valence-corrected chi connectivity index (χ0v) is 9.06. The van der Waals surface area contributed by atoms with Gasteiger partial charge >= 0.3 is 5.97 Å². The van der Waals surface area contributed by atoms with Crippen molar-refractivity contribution < 1.29 is 19.4 Å². The quantitative estimate of drug-likeness (QED) is 0.775. The Hall–Kier alpha value is -1.84. The smallest absolute Gasteiger partial charge is 0.335 e. The lowest BCUT2D eigenvalue weighted by molar-refractivity contribution is 0.0697. The van der Waals surface area contributed by atoms with Crippen LogP contribution in [0.25, 0.3) is 0 Å². The van der Waals surface area contributed by atoms with Crippen LogP contribution < -0.4 is 4.74 Å². The first-order valence-electron chi connectivity index (χ1n) is 5.07. The lowest BCUT2D eigenvalue weighted by Crippen LogP contribution is -2.10. The highest BCUT2D eigenvalue weighted by Crippen LogP contribution is 2.40. The topological polar surface area (TPSA) is 63.6 Å². The summed E-state index contributed by atoms with van der Waals surface area (Å²) < 4.78 is 5.55. The third-order valence-electron chi connectivity index (χ3n) is 3.02. The minimum atomic E-state index is -1.03. The largest absolute Gasteiger partial charge is 0.489 e. The molecular formula is C12H12O4. The third kappa shape index (κ3) is 1.46. The maximum Gasteiger partial charge on any atom is 0.335 e. The van der Waals surface area contributed by atoms with Gasteiger partial charge in [-0.1, -0.05) is 6.92 Å². The molecule has 2 rings (SSSR count). The first kappa shape index (κ1) is 10.7. The van der Waals surface area contributed by atoms with Crippen molar-refractivity contribution in [3.8, 4) is 5.75 Å². The van der Waals surface area contributed by atoms with Crippen molar-refractivity contribution in [2.24, 2.45) is 0 Å². The Labute approximate surface area is 92.8 Å². The van der Waals surface area contributed by atoms with Crippen LogP contribution in [0.3, 0.4) is 0 Å². The van der Waals surface area contributed by atoms with E-state index in [2.05, 4.69) is 0 Å². The lowest BCUT2D eigenvalue weighted by Gasteiger charge is -2.07. The van der Waals surface area contributed by atoms with Crippen LogP contribution in [-0.4, -0.2) is 23.5 Å². The van der Waals surface area contributed by atoms with Gasteiger partial charge in [0.15, 0.2) is 6.29 Å². The van der Waals surface area contributed by atoms with Gasteiger partial charge in [0.25, 0.3) is 0 Å². The number of carboxylic acid groups (broad SMARTS) is 1. The van der Waals surface area contributed by atoms with Crippen molar-refractivity contribution in [3.63, 3.8) is 0 Å². The predicted molar refractivity (Wildman–Crippen MR) is 57.3 cm³/mol. The highest BCUT2D eigenvalue weighted by molar-refractivity contribution is 5.92. The Morgan fingerprint density at radius 3 is 2.69 bits per heavy atom. The second-order valence-electron chi connectivity index (χ2n) is 4.02. The van der Waals surface area contributed by atoms with Crippen molar-refractivity contribution in [1.29, 1.82) is 0 Å². The third-order valence-corrected chi connectivity index (χ3v) is 3.02. The van der Waals surface area contributed by atoms with Crippen LogP contribution in [0, 0.1) is 0 Å². The second kappa shape index (κ2) is 3.63. The van der Waals surface area contributed by atoms with Crippen LogP contribution in [0.2, 0.25) is 0 Å². The van der Waals surface area contributed by atoms with Crippen LogP contribution in [0.5, 0.6) is 5.75 Å².